The van der Waals surface area contributed by atoms with Crippen molar-refractivity contribution in [2.24, 2.45) is 0 Å². The summed E-state index contributed by atoms with van der Waals surface area (Å²) in [5, 5.41) is 7.72. The second-order valence-electron chi connectivity index (χ2n) is 8.47. The topological polar surface area (TPSA) is 71.3 Å². The predicted molar refractivity (Wildman–Crippen MR) is 133 cm³/mol. The van der Waals surface area contributed by atoms with Crippen LogP contribution < -0.4 is 10.2 Å². The number of carbonyl (C=O) groups excluding carboxylic acids is 1. The molecule has 3 aromatic carbocycles. The number of aryl methyl sites for hydroxylation is 2. The van der Waals surface area contributed by atoms with Crippen molar-refractivity contribution in [2.75, 3.05) is 4.90 Å². The molecular formula is C27H22ClFN4O2. The number of halogens is 2. The van der Waals surface area contributed by atoms with Gasteiger partial charge in [0, 0.05) is 16.3 Å². The van der Waals surface area contributed by atoms with Gasteiger partial charge in [-0.2, -0.15) is 4.98 Å². The summed E-state index contributed by atoms with van der Waals surface area (Å²) >= 11 is 6.21. The SMILES string of the molecule is CC1=C(c2nc(-c3ccc(F)cc3)no2)C(c2ccc(C)c(C)c2)NC(=O)N1c1cccc(Cl)c1. The molecule has 1 unspecified atom stereocenters. The molecule has 8 heteroatoms. The average molecular weight is 489 g/mol. The number of nitrogens with zero attached hydrogens (tertiary/aromatic N) is 3. The van der Waals surface area contributed by atoms with Gasteiger partial charge in [-0.25, -0.2) is 9.18 Å². The van der Waals surface area contributed by atoms with Crippen molar-refractivity contribution in [1.82, 2.24) is 15.5 Å². The average Bonchev–Trinajstić information content (AvgIpc) is 3.31. The number of hydrogen-bond acceptors (Lipinski definition) is 4. The van der Waals surface area contributed by atoms with E-state index in [-0.39, 0.29) is 17.7 Å². The van der Waals surface area contributed by atoms with Crippen LogP contribution in [0.5, 0.6) is 0 Å². The monoisotopic (exact) mass is 488 g/mol. The highest BCUT2D eigenvalue weighted by Crippen LogP contribution is 2.39. The lowest BCUT2D eigenvalue weighted by Gasteiger charge is -2.35. The zero-order chi connectivity index (χ0) is 24.7. The first kappa shape index (κ1) is 22.8. The van der Waals surface area contributed by atoms with Crippen molar-refractivity contribution in [1.29, 1.82) is 0 Å². The predicted octanol–water partition coefficient (Wildman–Crippen LogP) is 6.85. The van der Waals surface area contributed by atoms with Gasteiger partial charge in [0.1, 0.15) is 5.82 Å². The summed E-state index contributed by atoms with van der Waals surface area (Å²) in [5.74, 6) is 0.236. The van der Waals surface area contributed by atoms with Crippen LogP contribution >= 0.6 is 11.6 Å². The fourth-order valence-corrected chi connectivity index (χ4v) is 4.37. The van der Waals surface area contributed by atoms with Crippen molar-refractivity contribution >= 4 is 28.9 Å². The minimum absolute atomic E-state index is 0.261. The largest absolute Gasteiger partial charge is 0.334 e. The minimum atomic E-state index is -0.515. The highest BCUT2D eigenvalue weighted by molar-refractivity contribution is 6.31. The molecule has 176 valence electrons. The Labute approximate surface area is 207 Å². The van der Waals surface area contributed by atoms with Gasteiger partial charge in [-0.3, -0.25) is 4.90 Å². The van der Waals surface area contributed by atoms with Gasteiger partial charge >= 0.3 is 6.03 Å². The molecule has 2 amide bonds. The van der Waals surface area contributed by atoms with Gasteiger partial charge in [0.25, 0.3) is 5.89 Å². The molecule has 1 aliphatic heterocycles. The van der Waals surface area contributed by atoms with Crippen molar-refractivity contribution in [3.63, 3.8) is 0 Å². The fourth-order valence-electron chi connectivity index (χ4n) is 4.19. The Balaban J connectivity index is 1.67. The number of benzene rings is 3. The maximum Gasteiger partial charge on any atom is 0.326 e. The van der Waals surface area contributed by atoms with E-state index in [1.165, 1.54) is 12.1 Å². The first-order chi connectivity index (χ1) is 16.8. The third kappa shape index (κ3) is 4.31. The van der Waals surface area contributed by atoms with Gasteiger partial charge in [-0.1, -0.05) is 41.0 Å². The fraction of sp³-hybridized carbons (Fsp3) is 0.148. The van der Waals surface area contributed by atoms with Crippen molar-refractivity contribution < 1.29 is 13.7 Å². The van der Waals surface area contributed by atoms with Gasteiger partial charge in [0.05, 0.1) is 17.3 Å². The van der Waals surface area contributed by atoms with Crippen LogP contribution in [0.15, 0.2) is 77.0 Å². The number of carbonyl (C=O) groups is 1. The van der Waals surface area contributed by atoms with Crippen LogP contribution in [0.4, 0.5) is 14.9 Å². The summed E-state index contributed by atoms with van der Waals surface area (Å²) in [4.78, 5) is 19.5. The van der Waals surface area contributed by atoms with Crippen LogP contribution in [0.2, 0.25) is 5.02 Å². The molecule has 0 bridgehead atoms. The van der Waals surface area contributed by atoms with Crippen molar-refractivity contribution in [2.45, 2.75) is 26.8 Å². The third-order valence-electron chi connectivity index (χ3n) is 6.17. The lowest BCUT2D eigenvalue weighted by Crippen LogP contribution is -2.46. The first-order valence-corrected chi connectivity index (χ1v) is 11.4. The number of nitrogens with one attached hydrogen (secondary N) is 1. The molecule has 0 saturated carbocycles. The molecule has 0 aliphatic carbocycles. The molecule has 0 spiro atoms. The molecule has 5 rings (SSSR count). The molecule has 35 heavy (non-hydrogen) atoms. The van der Waals surface area contributed by atoms with E-state index in [9.17, 15) is 9.18 Å². The second-order valence-corrected chi connectivity index (χ2v) is 8.91. The van der Waals surface area contributed by atoms with Crippen LogP contribution in [-0.2, 0) is 0 Å². The summed E-state index contributed by atoms with van der Waals surface area (Å²) < 4.78 is 19.1. The maximum absolute atomic E-state index is 13.4. The molecule has 4 aromatic rings. The standard InChI is InChI=1S/C27H22ClFN4O2/c1-15-7-8-19(13-16(15)2)24-23(26-31-25(32-35-26)18-9-11-21(29)12-10-18)17(3)33(27(34)30-24)22-6-4-5-20(28)14-22/h4-14,24H,1-3H3,(H,30,34). The minimum Gasteiger partial charge on any atom is -0.334 e. The van der Waals surface area contributed by atoms with Crippen LogP contribution in [0.1, 0.15) is 35.5 Å². The molecule has 1 atom stereocenters. The van der Waals surface area contributed by atoms with Crippen molar-refractivity contribution in [3.05, 3.63) is 106 Å². The van der Waals surface area contributed by atoms with E-state index in [1.54, 1.807) is 41.3 Å². The van der Waals surface area contributed by atoms with Gasteiger partial charge in [-0.05, 0) is 79.9 Å². The zero-order valence-electron chi connectivity index (χ0n) is 19.3. The van der Waals surface area contributed by atoms with E-state index in [2.05, 4.69) is 15.5 Å². The Morgan fingerprint density at radius 3 is 2.49 bits per heavy atom. The highest BCUT2D eigenvalue weighted by Gasteiger charge is 2.36. The molecule has 2 heterocycles. The Bertz CT molecular complexity index is 1460. The van der Waals surface area contributed by atoms with E-state index in [1.807, 2.05) is 39.0 Å². The summed E-state index contributed by atoms with van der Waals surface area (Å²) in [6.45, 7) is 5.90. The lowest BCUT2D eigenvalue weighted by atomic mass is 9.92. The number of aromatic nitrogens is 2. The Morgan fingerprint density at radius 1 is 1.00 bits per heavy atom. The molecular weight excluding hydrogens is 467 g/mol. The molecule has 0 fully saturated rings. The number of rotatable bonds is 4. The number of urea groups is 1. The van der Waals surface area contributed by atoms with Crippen LogP contribution in [0, 0.1) is 19.7 Å². The lowest BCUT2D eigenvalue weighted by molar-refractivity contribution is 0.244. The molecule has 1 aliphatic rings. The Hall–Kier alpha value is -3.97. The molecule has 1 aromatic heterocycles. The van der Waals surface area contributed by atoms with Crippen LogP contribution in [0.25, 0.3) is 17.0 Å². The summed E-state index contributed by atoms with van der Waals surface area (Å²) in [6.07, 6.45) is 0. The number of anilines is 1. The summed E-state index contributed by atoms with van der Waals surface area (Å²) in [5.41, 5.74) is 5.67. The number of hydrogen-bond donors (Lipinski definition) is 1. The van der Waals surface area contributed by atoms with Crippen molar-refractivity contribution in [3.8, 4) is 11.4 Å². The van der Waals surface area contributed by atoms with Crippen LogP contribution in [0.3, 0.4) is 0 Å². The van der Waals surface area contributed by atoms with Gasteiger partial charge in [0.2, 0.25) is 5.82 Å². The Morgan fingerprint density at radius 2 is 1.77 bits per heavy atom. The normalized spacial score (nSPS) is 16.0. The molecule has 6 nitrogen and oxygen atoms in total. The highest BCUT2D eigenvalue weighted by atomic mass is 35.5. The smallest absolute Gasteiger partial charge is 0.326 e. The molecule has 0 saturated heterocycles. The van der Waals surface area contributed by atoms with E-state index in [0.717, 1.165) is 16.7 Å². The maximum atomic E-state index is 13.4. The number of amides is 2. The van der Waals surface area contributed by atoms with E-state index >= 15 is 0 Å². The Kier molecular flexibility index (Phi) is 5.86. The van der Waals surface area contributed by atoms with Gasteiger partial charge < -0.3 is 9.84 Å². The second kappa shape index (κ2) is 9.00. The molecule has 0 radical (unpaired) electrons. The van der Waals surface area contributed by atoms with Gasteiger partial charge in [0.15, 0.2) is 0 Å². The van der Waals surface area contributed by atoms with Gasteiger partial charge in [-0.15, -0.1) is 0 Å². The number of allylic oxidation sites excluding steroid dienone is 1. The van der Waals surface area contributed by atoms with E-state index in [4.69, 9.17) is 16.1 Å². The third-order valence-corrected chi connectivity index (χ3v) is 6.41. The summed E-state index contributed by atoms with van der Waals surface area (Å²) in [7, 11) is 0. The van der Waals surface area contributed by atoms with E-state index in [0.29, 0.717) is 33.4 Å². The summed E-state index contributed by atoms with van der Waals surface area (Å²) in [6, 6.07) is 18.2. The zero-order valence-corrected chi connectivity index (χ0v) is 20.1. The van der Waals surface area contributed by atoms with E-state index < -0.39 is 6.04 Å². The van der Waals surface area contributed by atoms with Crippen LogP contribution in [-0.4, -0.2) is 16.2 Å². The first-order valence-electron chi connectivity index (χ1n) is 11.1. The quantitative estimate of drug-likeness (QED) is 0.341. The molecule has 1 N–H and O–H groups in total.